The van der Waals surface area contributed by atoms with Gasteiger partial charge in [-0.3, -0.25) is 9.69 Å². The number of hydrogen-bond acceptors (Lipinski definition) is 7. The summed E-state index contributed by atoms with van der Waals surface area (Å²) in [4.78, 5) is 18.8. The van der Waals surface area contributed by atoms with Gasteiger partial charge in [-0.1, -0.05) is 5.16 Å². The van der Waals surface area contributed by atoms with E-state index in [0.717, 1.165) is 6.54 Å². The number of aromatic nitrogens is 2. The predicted octanol–water partition coefficient (Wildman–Crippen LogP) is 0.778. The first-order chi connectivity index (χ1) is 10.0. The molecule has 1 N–H and O–H groups in total. The Balaban J connectivity index is 2.00. The van der Waals surface area contributed by atoms with Crippen LogP contribution < -0.4 is 0 Å². The Labute approximate surface area is 121 Å². The molecule has 0 aromatic carbocycles. The van der Waals surface area contributed by atoms with Crippen molar-refractivity contribution in [1.29, 1.82) is 0 Å². The van der Waals surface area contributed by atoms with Crippen LogP contribution in [0.15, 0.2) is 27.3 Å². The van der Waals surface area contributed by atoms with E-state index in [4.69, 9.17) is 14.0 Å². The zero-order valence-corrected chi connectivity index (χ0v) is 12.0. The average molecular weight is 294 g/mol. The number of likely N-dealkylation sites (N-methyl/N-ethyl adjacent to an activating group) is 1. The maximum atomic E-state index is 10.9. The first-order valence-corrected chi connectivity index (χ1v) is 6.50. The van der Waals surface area contributed by atoms with E-state index in [9.17, 15) is 4.79 Å². The fourth-order valence-electron chi connectivity index (χ4n) is 1.77. The molecule has 114 valence electrons. The lowest BCUT2D eigenvalue weighted by atomic mass is 10.4. The SMILES string of the molecule is CN(C)CCN(CC(=O)O)Cc1noc(-c2ccco2)n1. The maximum Gasteiger partial charge on any atom is 0.317 e. The highest BCUT2D eigenvalue weighted by atomic mass is 16.5. The Kier molecular flexibility index (Phi) is 5.07. The molecular formula is C13H18N4O4. The summed E-state index contributed by atoms with van der Waals surface area (Å²) in [6.07, 6.45) is 1.52. The Morgan fingerprint density at radius 3 is 2.81 bits per heavy atom. The van der Waals surface area contributed by atoms with E-state index in [2.05, 4.69) is 10.1 Å². The van der Waals surface area contributed by atoms with E-state index in [-0.39, 0.29) is 12.4 Å². The van der Waals surface area contributed by atoms with E-state index in [0.29, 0.717) is 24.7 Å². The molecule has 0 bridgehead atoms. The zero-order valence-electron chi connectivity index (χ0n) is 12.0. The summed E-state index contributed by atoms with van der Waals surface area (Å²) in [7, 11) is 3.87. The van der Waals surface area contributed by atoms with Crippen LogP contribution in [0.25, 0.3) is 11.7 Å². The second kappa shape index (κ2) is 7.00. The molecule has 0 amide bonds. The fourth-order valence-corrected chi connectivity index (χ4v) is 1.77. The number of nitrogens with zero attached hydrogens (tertiary/aromatic N) is 4. The molecule has 8 heteroatoms. The van der Waals surface area contributed by atoms with Gasteiger partial charge in [0.25, 0.3) is 5.89 Å². The third-order valence-corrected chi connectivity index (χ3v) is 2.79. The number of furan rings is 1. The van der Waals surface area contributed by atoms with E-state index in [1.165, 1.54) is 6.26 Å². The minimum absolute atomic E-state index is 0.0710. The number of carboxylic acid groups (broad SMARTS) is 1. The Hall–Kier alpha value is -2.19. The van der Waals surface area contributed by atoms with E-state index < -0.39 is 5.97 Å². The molecule has 0 aliphatic heterocycles. The monoisotopic (exact) mass is 294 g/mol. The van der Waals surface area contributed by atoms with Crippen LogP contribution in [-0.2, 0) is 11.3 Å². The summed E-state index contributed by atoms with van der Waals surface area (Å²) in [5.41, 5.74) is 0. The maximum absolute atomic E-state index is 10.9. The summed E-state index contributed by atoms with van der Waals surface area (Å²) < 4.78 is 10.3. The van der Waals surface area contributed by atoms with Crippen molar-refractivity contribution in [2.45, 2.75) is 6.54 Å². The van der Waals surface area contributed by atoms with Gasteiger partial charge in [0.15, 0.2) is 11.6 Å². The number of carboxylic acids is 1. The van der Waals surface area contributed by atoms with Gasteiger partial charge in [0.1, 0.15) is 0 Å². The lowest BCUT2D eigenvalue weighted by Crippen LogP contribution is -2.35. The smallest absolute Gasteiger partial charge is 0.317 e. The minimum Gasteiger partial charge on any atom is -0.480 e. The van der Waals surface area contributed by atoms with Gasteiger partial charge in [0.2, 0.25) is 0 Å². The number of aliphatic carboxylic acids is 1. The van der Waals surface area contributed by atoms with Crippen molar-refractivity contribution in [2.24, 2.45) is 0 Å². The highest BCUT2D eigenvalue weighted by Gasteiger charge is 2.16. The second-order valence-electron chi connectivity index (χ2n) is 4.90. The summed E-state index contributed by atoms with van der Waals surface area (Å²) in [5.74, 6) is 0.328. The molecule has 21 heavy (non-hydrogen) atoms. The molecule has 0 radical (unpaired) electrons. The van der Waals surface area contributed by atoms with Gasteiger partial charge in [-0.2, -0.15) is 4.98 Å². The van der Waals surface area contributed by atoms with Crippen LogP contribution in [0.2, 0.25) is 0 Å². The lowest BCUT2D eigenvalue weighted by Gasteiger charge is -2.20. The molecule has 0 saturated heterocycles. The second-order valence-corrected chi connectivity index (χ2v) is 4.90. The zero-order chi connectivity index (χ0) is 15.2. The third kappa shape index (κ3) is 4.69. The third-order valence-electron chi connectivity index (χ3n) is 2.79. The van der Waals surface area contributed by atoms with Crippen LogP contribution >= 0.6 is 0 Å². The molecule has 2 aromatic heterocycles. The molecule has 0 unspecified atom stereocenters. The van der Waals surface area contributed by atoms with Crippen molar-refractivity contribution < 1.29 is 18.8 Å². The van der Waals surface area contributed by atoms with Gasteiger partial charge >= 0.3 is 5.97 Å². The average Bonchev–Trinajstić information content (AvgIpc) is 3.05. The van der Waals surface area contributed by atoms with Crippen molar-refractivity contribution >= 4 is 5.97 Å². The first kappa shape index (κ1) is 15.2. The van der Waals surface area contributed by atoms with Gasteiger partial charge in [0, 0.05) is 13.1 Å². The Morgan fingerprint density at radius 2 is 2.19 bits per heavy atom. The van der Waals surface area contributed by atoms with Crippen LogP contribution in [-0.4, -0.2) is 64.7 Å². The molecule has 0 atom stereocenters. The van der Waals surface area contributed by atoms with Crippen LogP contribution in [0.1, 0.15) is 5.82 Å². The molecule has 0 saturated carbocycles. The largest absolute Gasteiger partial charge is 0.480 e. The molecular weight excluding hydrogens is 276 g/mol. The molecule has 0 aliphatic carbocycles. The standard InChI is InChI=1S/C13H18N4O4/c1-16(2)5-6-17(9-12(18)19)8-11-14-13(21-15-11)10-4-3-7-20-10/h3-4,7H,5-6,8-9H2,1-2H3,(H,18,19). The summed E-state index contributed by atoms with van der Waals surface area (Å²) in [6.45, 7) is 1.59. The molecule has 2 rings (SSSR count). The summed E-state index contributed by atoms with van der Waals surface area (Å²) in [5, 5.41) is 12.8. The van der Waals surface area contributed by atoms with Gasteiger partial charge in [-0.05, 0) is 26.2 Å². The van der Waals surface area contributed by atoms with Crippen LogP contribution in [0.3, 0.4) is 0 Å². The Bertz CT molecular complexity index is 564. The molecule has 0 spiro atoms. The van der Waals surface area contributed by atoms with Gasteiger partial charge in [-0.15, -0.1) is 0 Å². The number of rotatable bonds is 8. The molecule has 2 aromatic rings. The minimum atomic E-state index is -0.886. The van der Waals surface area contributed by atoms with E-state index >= 15 is 0 Å². The Morgan fingerprint density at radius 1 is 1.38 bits per heavy atom. The van der Waals surface area contributed by atoms with Crippen molar-refractivity contribution in [2.75, 3.05) is 33.7 Å². The summed E-state index contributed by atoms with van der Waals surface area (Å²) in [6, 6.07) is 3.45. The van der Waals surface area contributed by atoms with Crippen LogP contribution in [0.4, 0.5) is 0 Å². The van der Waals surface area contributed by atoms with Crippen molar-refractivity contribution in [3.8, 4) is 11.7 Å². The highest BCUT2D eigenvalue weighted by molar-refractivity contribution is 5.69. The van der Waals surface area contributed by atoms with Crippen LogP contribution in [0, 0.1) is 0 Å². The number of hydrogen-bond donors (Lipinski definition) is 1. The van der Waals surface area contributed by atoms with Gasteiger partial charge < -0.3 is 18.9 Å². The predicted molar refractivity (Wildman–Crippen MR) is 73.5 cm³/mol. The van der Waals surface area contributed by atoms with Crippen LogP contribution in [0.5, 0.6) is 0 Å². The highest BCUT2D eigenvalue weighted by Crippen LogP contribution is 2.17. The normalized spacial score (nSPS) is 11.4. The van der Waals surface area contributed by atoms with Gasteiger partial charge in [0.05, 0.1) is 19.4 Å². The molecule has 0 aliphatic rings. The molecule has 0 fully saturated rings. The number of carbonyl (C=O) groups is 1. The lowest BCUT2D eigenvalue weighted by molar-refractivity contribution is -0.138. The summed E-state index contributed by atoms with van der Waals surface area (Å²) >= 11 is 0. The molecule has 2 heterocycles. The van der Waals surface area contributed by atoms with E-state index in [1.807, 2.05) is 19.0 Å². The van der Waals surface area contributed by atoms with Gasteiger partial charge in [-0.25, -0.2) is 0 Å². The van der Waals surface area contributed by atoms with E-state index in [1.54, 1.807) is 17.0 Å². The first-order valence-electron chi connectivity index (χ1n) is 6.50. The van der Waals surface area contributed by atoms with Crippen molar-refractivity contribution in [1.82, 2.24) is 19.9 Å². The van der Waals surface area contributed by atoms with Crippen molar-refractivity contribution in [3.63, 3.8) is 0 Å². The quantitative estimate of drug-likeness (QED) is 0.763. The fraction of sp³-hybridized carbons (Fsp3) is 0.462. The molecule has 8 nitrogen and oxygen atoms in total. The van der Waals surface area contributed by atoms with Crippen molar-refractivity contribution in [3.05, 3.63) is 24.2 Å². The topological polar surface area (TPSA) is 95.8 Å².